The van der Waals surface area contributed by atoms with Gasteiger partial charge in [0.1, 0.15) is 5.82 Å². The van der Waals surface area contributed by atoms with E-state index in [1.165, 1.54) is 12.1 Å². The second-order valence-electron chi connectivity index (χ2n) is 8.78. The lowest BCUT2D eigenvalue weighted by Gasteiger charge is -2.17. The molecule has 1 saturated carbocycles. The summed E-state index contributed by atoms with van der Waals surface area (Å²) < 4.78 is 35.8. The fourth-order valence-corrected chi connectivity index (χ4v) is 4.52. The Hall–Kier alpha value is -4.01. The third-order valence-electron chi connectivity index (χ3n) is 6.54. The zero-order chi connectivity index (χ0) is 23.7. The molecule has 172 valence electrons. The highest BCUT2D eigenvalue weighted by Crippen LogP contribution is 2.52. The van der Waals surface area contributed by atoms with E-state index in [0.717, 1.165) is 16.7 Å². The van der Waals surface area contributed by atoms with Crippen LogP contribution in [0.2, 0.25) is 0 Å². The van der Waals surface area contributed by atoms with Crippen molar-refractivity contribution in [3.63, 3.8) is 0 Å². The van der Waals surface area contributed by atoms with Crippen LogP contribution in [-0.4, -0.2) is 23.1 Å². The van der Waals surface area contributed by atoms with E-state index in [1.807, 2.05) is 25.1 Å². The van der Waals surface area contributed by atoms with Gasteiger partial charge in [-0.25, -0.2) is 4.98 Å². The molecule has 3 aromatic rings. The molecule has 0 radical (unpaired) electrons. The van der Waals surface area contributed by atoms with Crippen molar-refractivity contribution in [2.45, 2.75) is 38.0 Å². The minimum atomic E-state index is -3.71. The average molecular weight is 463 g/mol. The predicted molar refractivity (Wildman–Crippen MR) is 118 cm³/mol. The maximum Gasteiger partial charge on any atom is 0.586 e. The highest BCUT2D eigenvalue weighted by atomic mass is 19.3. The smallest absolute Gasteiger partial charge is 0.395 e. The number of rotatable bonds is 4. The van der Waals surface area contributed by atoms with Gasteiger partial charge in [0.15, 0.2) is 11.5 Å². The Morgan fingerprint density at radius 1 is 1.06 bits per heavy atom. The molecule has 2 amide bonds. The predicted octanol–water partition coefficient (Wildman–Crippen LogP) is 4.29. The van der Waals surface area contributed by atoms with Gasteiger partial charge in [0, 0.05) is 17.7 Å². The first kappa shape index (κ1) is 20.6. The largest absolute Gasteiger partial charge is 0.586 e. The summed E-state index contributed by atoms with van der Waals surface area (Å²) in [7, 11) is 0. The van der Waals surface area contributed by atoms with Crippen LogP contribution in [0.3, 0.4) is 0 Å². The summed E-state index contributed by atoms with van der Waals surface area (Å²) in [4.78, 5) is 29.7. The highest BCUT2D eigenvalue weighted by Gasteiger charge is 2.53. The summed E-state index contributed by atoms with van der Waals surface area (Å²) in [6, 6.07) is 13.6. The van der Waals surface area contributed by atoms with Crippen LogP contribution in [0.1, 0.15) is 39.9 Å². The van der Waals surface area contributed by atoms with Crippen LogP contribution in [0.25, 0.3) is 11.3 Å². The molecular weight excluding hydrogens is 444 g/mol. The van der Waals surface area contributed by atoms with Crippen LogP contribution in [-0.2, 0) is 16.8 Å². The lowest BCUT2D eigenvalue weighted by atomic mass is 9.94. The van der Waals surface area contributed by atoms with Gasteiger partial charge in [0.2, 0.25) is 5.91 Å². The lowest BCUT2D eigenvalue weighted by molar-refractivity contribution is -0.286. The molecule has 0 bridgehead atoms. The van der Waals surface area contributed by atoms with Crippen LogP contribution in [0.5, 0.6) is 11.5 Å². The summed E-state index contributed by atoms with van der Waals surface area (Å²) in [5.74, 6) is -0.0970. The first-order chi connectivity index (χ1) is 16.2. The van der Waals surface area contributed by atoms with E-state index in [2.05, 4.69) is 25.1 Å². The van der Waals surface area contributed by atoms with E-state index in [0.29, 0.717) is 42.0 Å². The number of halogens is 2. The molecule has 1 aromatic heterocycles. The topological polar surface area (TPSA) is 89.6 Å². The van der Waals surface area contributed by atoms with Crippen molar-refractivity contribution in [3.05, 3.63) is 70.8 Å². The van der Waals surface area contributed by atoms with Gasteiger partial charge < -0.3 is 20.1 Å². The summed E-state index contributed by atoms with van der Waals surface area (Å²) in [6.07, 6.45) is -2.54. The molecule has 2 N–H and O–H groups in total. The number of benzene rings is 2. The summed E-state index contributed by atoms with van der Waals surface area (Å²) in [6.45, 7) is 2.40. The molecule has 2 aliphatic heterocycles. The van der Waals surface area contributed by atoms with Gasteiger partial charge in [0.25, 0.3) is 5.91 Å². The lowest BCUT2D eigenvalue weighted by Crippen LogP contribution is -2.28. The van der Waals surface area contributed by atoms with E-state index >= 15 is 0 Å². The van der Waals surface area contributed by atoms with Crippen LogP contribution < -0.4 is 20.1 Å². The van der Waals surface area contributed by atoms with Crippen molar-refractivity contribution >= 4 is 17.6 Å². The number of anilines is 1. The Kier molecular flexibility index (Phi) is 4.23. The molecule has 9 heteroatoms. The monoisotopic (exact) mass is 463 g/mol. The van der Waals surface area contributed by atoms with Crippen molar-refractivity contribution in [2.75, 3.05) is 5.32 Å². The number of nitrogens with one attached hydrogen (secondary N) is 2. The number of aromatic nitrogens is 1. The van der Waals surface area contributed by atoms with Crippen LogP contribution in [0, 0.1) is 6.92 Å². The second-order valence-corrected chi connectivity index (χ2v) is 8.78. The fourth-order valence-electron chi connectivity index (χ4n) is 4.52. The van der Waals surface area contributed by atoms with Gasteiger partial charge in [-0.05, 0) is 66.8 Å². The minimum absolute atomic E-state index is 0.0546. The normalized spacial score (nSPS) is 18.3. The zero-order valence-corrected chi connectivity index (χ0v) is 18.1. The molecule has 7 nitrogen and oxygen atoms in total. The van der Waals surface area contributed by atoms with Crippen LogP contribution >= 0.6 is 0 Å². The van der Waals surface area contributed by atoms with Crippen molar-refractivity contribution in [3.8, 4) is 22.8 Å². The third kappa shape index (κ3) is 3.27. The maximum atomic E-state index is 13.4. The number of amides is 2. The fraction of sp³-hybridized carbons (Fsp3) is 0.240. The molecule has 2 aromatic carbocycles. The summed E-state index contributed by atoms with van der Waals surface area (Å²) in [5.41, 5.74) is 3.80. The maximum absolute atomic E-state index is 13.4. The summed E-state index contributed by atoms with van der Waals surface area (Å²) >= 11 is 0. The first-order valence-electron chi connectivity index (χ1n) is 10.9. The number of nitrogens with zero attached hydrogens (tertiary/aromatic N) is 1. The van der Waals surface area contributed by atoms with Crippen molar-refractivity contribution in [2.24, 2.45) is 0 Å². The highest BCUT2D eigenvalue weighted by molar-refractivity contribution is 6.01. The number of carbonyl (C=O) groups excluding carboxylic acids is 2. The Bertz CT molecular complexity index is 1380. The van der Waals surface area contributed by atoms with E-state index < -0.39 is 11.7 Å². The number of fused-ring (bicyclic) bond motifs is 2. The van der Waals surface area contributed by atoms with Gasteiger partial charge in [-0.15, -0.1) is 8.78 Å². The van der Waals surface area contributed by atoms with Gasteiger partial charge in [-0.1, -0.05) is 18.2 Å². The Morgan fingerprint density at radius 3 is 2.65 bits per heavy atom. The molecule has 6 rings (SSSR count). The molecule has 1 aliphatic carbocycles. The number of hydrogen-bond donors (Lipinski definition) is 2. The number of hydrogen-bond acceptors (Lipinski definition) is 5. The van der Waals surface area contributed by atoms with Gasteiger partial charge in [0.05, 0.1) is 11.1 Å². The van der Waals surface area contributed by atoms with E-state index in [1.54, 1.807) is 18.2 Å². The van der Waals surface area contributed by atoms with E-state index in [-0.39, 0.29) is 23.3 Å². The molecule has 3 aliphatic rings. The van der Waals surface area contributed by atoms with Crippen molar-refractivity contribution in [1.82, 2.24) is 10.3 Å². The molecule has 1 fully saturated rings. The van der Waals surface area contributed by atoms with Crippen molar-refractivity contribution in [1.29, 1.82) is 0 Å². The number of carbonyl (C=O) groups is 2. The summed E-state index contributed by atoms with van der Waals surface area (Å²) in [5, 5.41) is 5.69. The van der Waals surface area contributed by atoms with E-state index in [9.17, 15) is 18.4 Å². The molecule has 0 atom stereocenters. The Labute approximate surface area is 193 Å². The quantitative estimate of drug-likeness (QED) is 0.603. The van der Waals surface area contributed by atoms with Crippen LogP contribution in [0.15, 0.2) is 48.5 Å². The number of aryl methyl sites for hydroxylation is 1. The zero-order valence-electron chi connectivity index (χ0n) is 18.1. The molecule has 0 unspecified atom stereocenters. The van der Waals surface area contributed by atoms with Crippen LogP contribution in [0.4, 0.5) is 14.6 Å². The third-order valence-corrected chi connectivity index (χ3v) is 6.54. The van der Waals surface area contributed by atoms with Gasteiger partial charge in [-0.3, -0.25) is 9.59 Å². The second kappa shape index (κ2) is 6.99. The van der Waals surface area contributed by atoms with Crippen molar-refractivity contribution < 1.29 is 27.8 Å². The molecular formula is C25H19F2N3O4. The molecule has 3 heterocycles. The SMILES string of the molecule is Cc1ccc(NC(=O)C2(c3ccc4c(c3)OC(F)(F)O4)CC2)nc1-c1ccc2c(c1)CNC2=O. The first-order valence-corrected chi connectivity index (χ1v) is 10.9. The average Bonchev–Trinajstić information content (AvgIpc) is 3.45. The number of pyridine rings is 1. The van der Waals surface area contributed by atoms with Gasteiger partial charge in [-0.2, -0.15) is 0 Å². The van der Waals surface area contributed by atoms with E-state index in [4.69, 9.17) is 0 Å². The Balaban J connectivity index is 1.26. The minimum Gasteiger partial charge on any atom is -0.395 e. The number of alkyl halides is 2. The standard InChI is InChI=1S/C25H19F2N3O4/c1-13-2-7-20(29-21(13)14-3-5-17-15(10-14)12-28-22(17)31)30-23(32)24(8-9-24)16-4-6-18-19(11-16)34-25(26,27)33-18/h2-7,10-11H,8-9,12H2,1H3,(H,28,31)(H,29,30,32). The Morgan fingerprint density at radius 2 is 1.85 bits per heavy atom. The molecule has 34 heavy (non-hydrogen) atoms. The molecule has 0 spiro atoms. The molecule has 0 saturated heterocycles. The van der Waals surface area contributed by atoms with Gasteiger partial charge >= 0.3 is 6.29 Å². The number of ether oxygens (including phenoxy) is 2.